The Bertz CT molecular complexity index is 673. The molecular formula is C20H20O. The quantitative estimate of drug-likeness (QED) is 0.766. The third-order valence-electron chi connectivity index (χ3n) is 4.81. The van der Waals surface area contributed by atoms with Gasteiger partial charge in [-0.3, -0.25) is 0 Å². The van der Waals surface area contributed by atoms with Gasteiger partial charge in [0.25, 0.3) is 0 Å². The van der Waals surface area contributed by atoms with Gasteiger partial charge < -0.3 is 4.74 Å². The summed E-state index contributed by atoms with van der Waals surface area (Å²) >= 11 is 0. The SMILES string of the molecule is C[C@@]12C=C(c3ccccc3)C[C@@](c3ccccc3)(C1)OC2. The fourth-order valence-electron chi connectivity index (χ4n) is 3.91. The molecule has 1 heterocycles. The molecule has 1 saturated heterocycles. The van der Waals surface area contributed by atoms with Gasteiger partial charge in [-0.2, -0.15) is 0 Å². The van der Waals surface area contributed by atoms with Gasteiger partial charge in [0, 0.05) is 11.8 Å². The van der Waals surface area contributed by atoms with Crippen LogP contribution < -0.4 is 0 Å². The summed E-state index contributed by atoms with van der Waals surface area (Å²) in [5.41, 5.74) is 4.07. The van der Waals surface area contributed by atoms with Gasteiger partial charge in [0.15, 0.2) is 0 Å². The second kappa shape index (κ2) is 4.57. The summed E-state index contributed by atoms with van der Waals surface area (Å²) in [7, 11) is 0. The molecule has 2 aliphatic rings. The van der Waals surface area contributed by atoms with Gasteiger partial charge in [0.2, 0.25) is 0 Å². The molecule has 0 saturated carbocycles. The predicted octanol–water partition coefficient (Wildman–Crippen LogP) is 4.80. The maximum Gasteiger partial charge on any atom is 0.0981 e. The van der Waals surface area contributed by atoms with Crippen LogP contribution in [0.5, 0.6) is 0 Å². The molecule has 0 radical (unpaired) electrons. The number of benzene rings is 2. The van der Waals surface area contributed by atoms with E-state index in [0.29, 0.717) is 0 Å². The minimum Gasteiger partial charge on any atom is -0.369 e. The Kier molecular flexibility index (Phi) is 2.80. The zero-order valence-corrected chi connectivity index (χ0v) is 12.4. The van der Waals surface area contributed by atoms with Gasteiger partial charge >= 0.3 is 0 Å². The van der Waals surface area contributed by atoms with E-state index >= 15 is 0 Å². The molecule has 0 amide bonds. The van der Waals surface area contributed by atoms with Crippen molar-refractivity contribution in [3.8, 4) is 0 Å². The first-order valence-electron chi connectivity index (χ1n) is 7.66. The third-order valence-corrected chi connectivity index (χ3v) is 4.81. The molecule has 2 atom stereocenters. The molecule has 1 nitrogen and oxygen atoms in total. The summed E-state index contributed by atoms with van der Waals surface area (Å²) in [5, 5.41) is 0. The van der Waals surface area contributed by atoms with E-state index in [2.05, 4.69) is 73.7 Å². The van der Waals surface area contributed by atoms with E-state index in [1.165, 1.54) is 16.7 Å². The molecule has 0 N–H and O–H groups in total. The molecule has 2 bridgehead atoms. The van der Waals surface area contributed by atoms with Crippen LogP contribution in [-0.2, 0) is 10.3 Å². The van der Waals surface area contributed by atoms with Gasteiger partial charge in [-0.15, -0.1) is 0 Å². The van der Waals surface area contributed by atoms with E-state index in [0.717, 1.165) is 19.4 Å². The number of hydrogen-bond donors (Lipinski definition) is 0. The van der Waals surface area contributed by atoms with Crippen molar-refractivity contribution in [3.05, 3.63) is 77.9 Å². The first-order chi connectivity index (χ1) is 10.2. The van der Waals surface area contributed by atoms with Gasteiger partial charge in [0.05, 0.1) is 12.2 Å². The second-order valence-electron chi connectivity index (χ2n) is 6.69. The highest BCUT2D eigenvalue weighted by molar-refractivity contribution is 5.69. The lowest BCUT2D eigenvalue weighted by Crippen LogP contribution is -2.29. The van der Waals surface area contributed by atoms with Crippen molar-refractivity contribution in [2.24, 2.45) is 5.41 Å². The lowest BCUT2D eigenvalue weighted by Gasteiger charge is -2.35. The van der Waals surface area contributed by atoms with Crippen molar-refractivity contribution in [2.75, 3.05) is 6.61 Å². The maximum absolute atomic E-state index is 6.35. The molecule has 2 aromatic rings. The third kappa shape index (κ3) is 2.13. The Labute approximate surface area is 126 Å². The van der Waals surface area contributed by atoms with E-state index < -0.39 is 0 Å². The topological polar surface area (TPSA) is 9.23 Å². The number of rotatable bonds is 2. The monoisotopic (exact) mass is 276 g/mol. The smallest absolute Gasteiger partial charge is 0.0981 e. The Balaban J connectivity index is 1.79. The molecule has 1 heteroatoms. The van der Waals surface area contributed by atoms with Gasteiger partial charge in [-0.1, -0.05) is 73.7 Å². The summed E-state index contributed by atoms with van der Waals surface area (Å²) in [6.45, 7) is 3.14. The molecule has 0 spiro atoms. The fraction of sp³-hybridized carbons (Fsp3) is 0.300. The minimum absolute atomic E-state index is 0.143. The summed E-state index contributed by atoms with van der Waals surface area (Å²) in [6, 6.07) is 21.4. The summed E-state index contributed by atoms with van der Waals surface area (Å²) in [5.74, 6) is 0. The average Bonchev–Trinajstić information content (AvgIpc) is 2.79. The van der Waals surface area contributed by atoms with Crippen molar-refractivity contribution < 1.29 is 4.74 Å². The zero-order chi connectivity index (χ0) is 14.3. The molecule has 2 aromatic carbocycles. The molecule has 1 aliphatic heterocycles. The Hall–Kier alpha value is -1.86. The van der Waals surface area contributed by atoms with E-state index in [-0.39, 0.29) is 11.0 Å². The van der Waals surface area contributed by atoms with Crippen LogP contribution in [0.1, 0.15) is 30.9 Å². The Morgan fingerprint density at radius 1 is 0.905 bits per heavy atom. The van der Waals surface area contributed by atoms with Crippen LogP contribution >= 0.6 is 0 Å². The summed E-state index contributed by atoms with van der Waals surface area (Å²) < 4.78 is 6.35. The first-order valence-corrected chi connectivity index (χ1v) is 7.66. The molecule has 0 aromatic heterocycles. The molecule has 1 fully saturated rings. The lowest BCUT2D eigenvalue weighted by molar-refractivity contribution is 0.00422. The Morgan fingerprint density at radius 2 is 1.57 bits per heavy atom. The molecular weight excluding hydrogens is 256 g/mol. The molecule has 4 rings (SSSR count). The standard InChI is InChI=1S/C20H20O/c1-19-12-17(16-8-4-2-5-9-16)13-20(14-19,21-15-19)18-10-6-3-7-11-18/h2-12H,13-15H2,1H3/t19-,20+/m1/s1. The van der Waals surface area contributed by atoms with E-state index in [1.807, 2.05) is 0 Å². The summed E-state index contributed by atoms with van der Waals surface area (Å²) in [6.07, 6.45) is 4.49. The van der Waals surface area contributed by atoms with E-state index in [4.69, 9.17) is 4.74 Å². The molecule has 1 aliphatic carbocycles. The number of hydrogen-bond acceptors (Lipinski definition) is 1. The maximum atomic E-state index is 6.35. The minimum atomic E-state index is -0.143. The highest BCUT2D eigenvalue weighted by atomic mass is 16.5. The first kappa shape index (κ1) is 12.8. The molecule has 21 heavy (non-hydrogen) atoms. The molecule has 0 unspecified atom stereocenters. The van der Waals surface area contributed by atoms with Crippen molar-refractivity contribution in [3.63, 3.8) is 0 Å². The van der Waals surface area contributed by atoms with Crippen LogP contribution in [-0.4, -0.2) is 6.61 Å². The van der Waals surface area contributed by atoms with E-state index in [9.17, 15) is 0 Å². The van der Waals surface area contributed by atoms with Gasteiger partial charge in [-0.25, -0.2) is 0 Å². The average molecular weight is 276 g/mol. The van der Waals surface area contributed by atoms with Crippen LogP contribution in [0.15, 0.2) is 66.7 Å². The second-order valence-corrected chi connectivity index (χ2v) is 6.69. The van der Waals surface area contributed by atoms with E-state index in [1.54, 1.807) is 0 Å². The van der Waals surface area contributed by atoms with Crippen LogP contribution in [0.3, 0.4) is 0 Å². The predicted molar refractivity (Wildman–Crippen MR) is 85.8 cm³/mol. The van der Waals surface area contributed by atoms with Crippen LogP contribution in [0.2, 0.25) is 0 Å². The normalized spacial score (nSPS) is 31.0. The van der Waals surface area contributed by atoms with Crippen molar-refractivity contribution in [2.45, 2.75) is 25.4 Å². The highest BCUT2D eigenvalue weighted by Gasteiger charge is 2.50. The molecule has 106 valence electrons. The van der Waals surface area contributed by atoms with Crippen molar-refractivity contribution in [1.82, 2.24) is 0 Å². The van der Waals surface area contributed by atoms with Gasteiger partial charge in [-0.05, 0) is 23.1 Å². The largest absolute Gasteiger partial charge is 0.369 e. The van der Waals surface area contributed by atoms with Crippen LogP contribution in [0.25, 0.3) is 5.57 Å². The van der Waals surface area contributed by atoms with Crippen LogP contribution in [0, 0.1) is 5.41 Å². The van der Waals surface area contributed by atoms with Crippen LogP contribution in [0.4, 0.5) is 0 Å². The van der Waals surface area contributed by atoms with Crippen molar-refractivity contribution in [1.29, 1.82) is 0 Å². The number of ether oxygens (including phenoxy) is 1. The van der Waals surface area contributed by atoms with Gasteiger partial charge in [0.1, 0.15) is 0 Å². The zero-order valence-electron chi connectivity index (χ0n) is 12.4. The lowest BCUT2D eigenvalue weighted by atomic mass is 9.70. The fourth-order valence-corrected chi connectivity index (χ4v) is 3.91. The van der Waals surface area contributed by atoms with Crippen molar-refractivity contribution >= 4 is 5.57 Å². The highest BCUT2D eigenvalue weighted by Crippen LogP contribution is 2.55. The number of fused-ring (bicyclic) bond motifs is 2. The summed E-state index contributed by atoms with van der Waals surface area (Å²) in [4.78, 5) is 0. The Morgan fingerprint density at radius 3 is 2.29 bits per heavy atom.